The minimum Gasteiger partial charge on any atom is -0.346 e. The third kappa shape index (κ3) is 3.46. The van der Waals surface area contributed by atoms with Gasteiger partial charge in [0, 0.05) is 30.9 Å². The number of aromatic nitrogens is 1. The van der Waals surface area contributed by atoms with Gasteiger partial charge in [0.05, 0.1) is 0 Å². The van der Waals surface area contributed by atoms with Gasteiger partial charge in [-0.25, -0.2) is 4.39 Å². The Labute approximate surface area is 133 Å². The van der Waals surface area contributed by atoms with Crippen molar-refractivity contribution in [1.82, 2.24) is 15.2 Å². The molecule has 0 radical (unpaired) electrons. The first-order chi connectivity index (χ1) is 11.2. The molecule has 1 aromatic carbocycles. The molecule has 1 saturated heterocycles. The number of nitriles is 1. The maximum atomic E-state index is 12.9. The number of benzene rings is 1. The lowest BCUT2D eigenvalue weighted by molar-refractivity contribution is 0.0934. The summed E-state index contributed by atoms with van der Waals surface area (Å²) in [4.78, 5) is 18.0. The van der Waals surface area contributed by atoms with E-state index < -0.39 is 0 Å². The topological polar surface area (TPSA) is 69.0 Å². The Bertz CT molecular complexity index is 737. The van der Waals surface area contributed by atoms with Gasteiger partial charge in [-0.3, -0.25) is 9.78 Å². The molecular formula is C17H15FN4O. The van der Waals surface area contributed by atoms with Crippen LogP contribution in [0.4, 0.5) is 4.39 Å². The quantitative estimate of drug-likeness (QED) is 0.882. The van der Waals surface area contributed by atoms with Gasteiger partial charge >= 0.3 is 0 Å². The number of carbonyl (C=O) groups is 1. The van der Waals surface area contributed by atoms with Gasteiger partial charge in [0.1, 0.15) is 11.5 Å². The summed E-state index contributed by atoms with van der Waals surface area (Å²) < 4.78 is 12.9. The van der Waals surface area contributed by atoms with Crippen LogP contribution in [0, 0.1) is 17.3 Å². The summed E-state index contributed by atoms with van der Waals surface area (Å²) in [6.07, 6.45) is 4.43. The summed E-state index contributed by atoms with van der Waals surface area (Å²) in [5.41, 5.74) is 1.98. The molecule has 6 heteroatoms. The minimum absolute atomic E-state index is 0.0271. The molecular weight excluding hydrogens is 295 g/mol. The Balaban J connectivity index is 1.66. The summed E-state index contributed by atoms with van der Waals surface area (Å²) in [5.74, 6) is -0.541. The summed E-state index contributed by atoms with van der Waals surface area (Å²) in [6.45, 7) is 1.20. The van der Waals surface area contributed by atoms with Gasteiger partial charge in [-0.2, -0.15) is 5.26 Å². The first kappa shape index (κ1) is 15.0. The van der Waals surface area contributed by atoms with E-state index in [4.69, 9.17) is 5.26 Å². The van der Waals surface area contributed by atoms with Gasteiger partial charge in [-0.1, -0.05) is 18.2 Å². The van der Waals surface area contributed by atoms with Crippen molar-refractivity contribution < 1.29 is 9.18 Å². The highest BCUT2D eigenvalue weighted by molar-refractivity contribution is 5.92. The van der Waals surface area contributed by atoms with E-state index in [1.54, 1.807) is 35.4 Å². The van der Waals surface area contributed by atoms with E-state index in [9.17, 15) is 9.18 Å². The van der Waals surface area contributed by atoms with Gasteiger partial charge in [-0.15, -0.1) is 0 Å². The van der Waals surface area contributed by atoms with E-state index >= 15 is 0 Å². The zero-order valence-corrected chi connectivity index (χ0v) is 12.4. The number of carbonyl (C=O) groups excluding carboxylic acids is 1. The second-order valence-electron chi connectivity index (χ2n) is 5.44. The van der Waals surface area contributed by atoms with Crippen molar-refractivity contribution in [3.63, 3.8) is 0 Å². The molecule has 1 aliphatic rings. The van der Waals surface area contributed by atoms with Crippen LogP contribution in [0.3, 0.4) is 0 Å². The number of nitrogens with zero attached hydrogens (tertiary/aromatic N) is 3. The molecule has 23 heavy (non-hydrogen) atoms. The van der Waals surface area contributed by atoms with E-state index in [1.165, 1.54) is 12.1 Å². The van der Waals surface area contributed by atoms with Crippen molar-refractivity contribution in [3.05, 3.63) is 54.1 Å². The molecule has 0 aliphatic carbocycles. The fourth-order valence-electron chi connectivity index (χ4n) is 2.57. The van der Waals surface area contributed by atoms with Crippen LogP contribution in [-0.2, 0) is 0 Å². The van der Waals surface area contributed by atoms with Crippen LogP contribution in [0.1, 0.15) is 16.9 Å². The van der Waals surface area contributed by atoms with Crippen molar-refractivity contribution in [3.8, 4) is 17.3 Å². The Morgan fingerprint density at radius 1 is 1.26 bits per heavy atom. The smallest absolute Gasteiger partial charge is 0.270 e. The zero-order valence-electron chi connectivity index (χ0n) is 12.4. The van der Waals surface area contributed by atoms with E-state index in [1.807, 2.05) is 0 Å². The fourth-order valence-corrected chi connectivity index (χ4v) is 2.57. The lowest BCUT2D eigenvalue weighted by Crippen LogP contribution is -2.36. The monoisotopic (exact) mass is 310 g/mol. The summed E-state index contributed by atoms with van der Waals surface area (Å²) >= 11 is 0. The lowest BCUT2D eigenvalue weighted by Gasteiger charge is -2.12. The number of likely N-dealkylation sites (tertiary alicyclic amines) is 1. The van der Waals surface area contributed by atoms with Crippen LogP contribution in [0.25, 0.3) is 11.1 Å². The molecule has 1 N–H and O–H groups in total. The maximum absolute atomic E-state index is 12.9. The van der Waals surface area contributed by atoms with Crippen molar-refractivity contribution in [2.45, 2.75) is 12.5 Å². The Morgan fingerprint density at radius 2 is 2.00 bits per heavy atom. The van der Waals surface area contributed by atoms with Crippen LogP contribution in [-0.4, -0.2) is 34.9 Å². The number of halogens is 1. The molecule has 1 atom stereocenters. The number of nitrogens with one attached hydrogen (secondary N) is 1. The fraction of sp³-hybridized carbons (Fsp3) is 0.235. The Morgan fingerprint density at radius 3 is 2.61 bits per heavy atom. The van der Waals surface area contributed by atoms with Gasteiger partial charge in [0.2, 0.25) is 0 Å². The predicted molar refractivity (Wildman–Crippen MR) is 82.7 cm³/mol. The number of hydrogen-bond donors (Lipinski definition) is 1. The maximum Gasteiger partial charge on any atom is 0.270 e. The van der Waals surface area contributed by atoms with E-state index in [2.05, 4.69) is 16.5 Å². The molecule has 0 saturated carbocycles. The Kier molecular flexibility index (Phi) is 4.20. The lowest BCUT2D eigenvalue weighted by atomic mass is 10.1. The zero-order chi connectivity index (χ0) is 16.2. The molecule has 3 rings (SSSR count). The van der Waals surface area contributed by atoms with Gasteiger partial charge < -0.3 is 10.2 Å². The van der Waals surface area contributed by atoms with Gasteiger partial charge in [-0.05, 0) is 30.2 Å². The third-order valence-corrected chi connectivity index (χ3v) is 3.84. The summed E-state index contributed by atoms with van der Waals surface area (Å²) in [5, 5.41) is 11.7. The van der Waals surface area contributed by atoms with Crippen molar-refractivity contribution >= 4 is 5.91 Å². The second-order valence-corrected chi connectivity index (χ2v) is 5.44. The molecule has 5 nitrogen and oxygen atoms in total. The van der Waals surface area contributed by atoms with E-state index in [0.29, 0.717) is 18.8 Å². The molecule has 1 fully saturated rings. The molecule has 1 amide bonds. The summed E-state index contributed by atoms with van der Waals surface area (Å²) in [7, 11) is 0. The number of pyridine rings is 1. The number of rotatable bonds is 3. The normalized spacial score (nSPS) is 16.9. The highest BCUT2D eigenvalue weighted by Crippen LogP contribution is 2.19. The molecule has 0 bridgehead atoms. The first-order valence-corrected chi connectivity index (χ1v) is 7.33. The SMILES string of the molecule is N#CN1CCC(NC(=O)c2ccc(-c3ccc(F)cc3)cn2)C1. The second kappa shape index (κ2) is 6.44. The molecule has 0 spiro atoms. The van der Waals surface area contributed by atoms with Crippen molar-refractivity contribution in [2.75, 3.05) is 13.1 Å². The minimum atomic E-state index is -0.291. The van der Waals surface area contributed by atoms with E-state index in [-0.39, 0.29) is 17.8 Å². The average molecular weight is 310 g/mol. The highest BCUT2D eigenvalue weighted by atomic mass is 19.1. The van der Waals surface area contributed by atoms with Crippen LogP contribution in [0.5, 0.6) is 0 Å². The first-order valence-electron chi connectivity index (χ1n) is 7.33. The standard InChI is InChI=1S/C17H15FN4O/c18-14-4-1-12(2-5-14)13-3-6-16(20-9-13)17(23)21-15-7-8-22(10-15)11-19/h1-6,9,15H,7-8,10H2,(H,21,23). The third-order valence-electron chi connectivity index (χ3n) is 3.84. The van der Waals surface area contributed by atoms with Crippen LogP contribution >= 0.6 is 0 Å². The molecule has 2 aromatic rings. The molecule has 1 unspecified atom stereocenters. The average Bonchev–Trinajstić information content (AvgIpc) is 3.03. The molecule has 116 valence electrons. The number of amides is 1. The van der Waals surface area contributed by atoms with E-state index in [0.717, 1.165) is 17.5 Å². The number of hydrogen-bond acceptors (Lipinski definition) is 4. The van der Waals surface area contributed by atoms with Crippen molar-refractivity contribution in [1.29, 1.82) is 5.26 Å². The van der Waals surface area contributed by atoms with Crippen LogP contribution in [0.2, 0.25) is 0 Å². The molecule has 2 heterocycles. The van der Waals surface area contributed by atoms with Gasteiger partial charge in [0.15, 0.2) is 6.19 Å². The predicted octanol–water partition coefficient (Wildman–Crippen LogP) is 2.17. The Hall–Kier alpha value is -2.94. The summed E-state index contributed by atoms with van der Waals surface area (Å²) in [6, 6.07) is 9.51. The molecule has 1 aromatic heterocycles. The van der Waals surface area contributed by atoms with Crippen LogP contribution < -0.4 is 5.32 Å². The highest BCUT2D eigenvalue weighted by Gasteiger charge is 2.23. The van der Waals surface area contributed by atoms with Gasteiger partial charge in [0.25, 0.3) is 5.91 Å². The molecule has 1 aliphatic heterocycles. The van der Waals surface area contributed by atoms with Crippen molar-refractivity contribution in [2.24, 2.45) is 0 Å². The van der Waals surface area contributed by atoms with Crippen LogP contribution in [0.15, 0.2) is 42.6 Å². The largest absolute Gasteiger partial charge is 0.346 e.